The van der Waals surface area contributed by atoms with Gasteiger partial charge in [0, 0.05) is 11.6 Å². The van der Waals surface area contributed by atoms with Gasteiger partial charge in [-0.05, 0) is 34.5 Å². The van der Waals surface area contributed by atoms with Crippen LogP contribution in [0.5, 0.6) is 17.2 Å². The number of methoxy groups -OCH3 is 3. The van der Waals surface area contributed by atoms with Gasteiger partial charge in [0.2, 0.25) is 5.75 Å². The van der Waals surface area contributed by atoms with Crippen molar-refractivity contribution in [2.24, 2.45) is 0 Å². The second-order valence-corrected chi connectivity index (χ2v) is 6.77. The molecule has 0 bridgehead atoms. The molecular formula is C24H22N2O4. The Morgan fingerprint density at radius 1 is 0.833 bits per heavy atom. The standard InChI is InChI=1S/C24H22N2O4/c1-28-21-13-18(14-22(29-2)24(21)30-3)20-11-12-23(27)26(25-20)15-17-9-6-8-16-7-4-5-10-19(16)17/h4-14H,15H2,1-3H3. The molecule has 152 valence electrons. The van der Waals surface area contributed by atoms with Crippen molar-refractivity contribution in [3.63, 3.8) is 0 Å². The van der Waals surface area contributed by atoms with Gasteiger partial charge in [0.25, 0.3) is 5.56 Å². The van der Waals surface area contributed by atoms with Gasteiger partial charge in [-0.15, -0.1) is 0 Å². The van der Waals surface area contributed by atoms with Gasteiger partial charge in [0.1, 0.15) is 0 Å². The van der Waals surface area contributed by atoms with E-state index in [0.29, 0.717) is 29.5 Å². The van der Waals surface area contributed by atoms with E-state index >= 15 is 0 Å². The van der Waals surface area contributed by atoms with E-state index in [1.54, 1.807) is 27.4 Å². The highest BCUT2D eigenvalue weighted by molar-refractivity contribution is 5.85. The van der Waals surface area contributed by atoms with Crippen molar-refractivity contribution < 1.29 is 14.2 Å². The summed E-state index contributed by atoms with van der Waals surface area (Å²) in [5.41, 5.74) is 2.26. The van der Waals surface area contributed by atoms with Gasteiger partial charge < -0.3 is 14.2 Å². The maximum Gasteiger partial charge on any atom is 0.267 e. The highest BCUT2D eigenvalue weighted by Gasteiger charge is 2.15. The number of aromatic nitrogens is 2. The summed E-state index contributed by atoms with van der Waals surface area (Å²) in [7, 11) is 4.69. The van der Waals surface area contributed by atoms with Gasteiger partial charge in [-0.2, -0.15) is 5.10 Å². The van der Waals surface area contributed by atoms with Crippen molar-refractivity contribution in [2.45, 2.75) is 6.54 Å². The fourth-order valence-electron chi connectivity index (χ4n) is 3.54. The van der Waals surface area contributed by atoms with Crippen LogP contribution in [0.3, 0.4) is 0 Å². The minimum Gasteiger partial charge on any atom is -0.493 e. The van der Waals surface area contributed by atoms with Gasteiger partial charge in [-0.3, -0.25) is 4.79 Å². The highest BCUT2D eigenvalue weighted by atomic mass is 16.5. The molecule has 0 unspecified atom stereocenters. The van der Waals surface area contributed by atoms with E-state index in [2.05, 4.69) is 23.3 Å². The van der Waals surface area contributed by atoms with Crippen LogP contribution < -0.4 is 19.8 Å². The molecule has 0 amide bonds. The molecular weight excluding hydrogens is 380 g/mol. The Morgan fingerprint density at radius 2 is 1.53 bits per heavy atom. The normalized spacial score (nSPS) is 10.8. The zero-order valence-electron chi connectivity index (χ0n) is 17.1. The zero-order chi connectivity index (χ0) is 21.1. The summed E-state index contributed by atoms with van der Waals surface area (Å²) in [4.78, 5) is 12.5. The largest absolute Gasteiger partial charge is 0.493 e. The van der Waals surface area contributed by atoms with Crippen molar-refractivity contribution in [1.82, 2.24) is 9.78 Å². The molecule has 1 heterocycles. The van der Waals surface area contributed by atoms with Gasteiger partial charge in [0.05, 0.1) is 33.6 Å². The minimum atomic E-state index is -0.167. The number of ether oxygens (including phenoxy) is 3. The molecule has 0 saturated carbocycles. The van der Waals surface area contributed by atoms with Crippen molar-refractivity contribution in [3.05, 3.63) is 82.6 Å². The molecule has 1 aromatic heterocycles. The van der Waals surface area contributed by atoms with Crippen LogP contribution in [-0.2, 0) is 6.54 Å². The van der Waals surface area contributed by atoms with E-state index < -0.39 is 0 Å². The van der Waals surface area contributed by atoms with Crippen LogP contribution in [0.25, 0.3) is 22.0 Å². The summed E-state index contributed by atoms with van der Waals surface area (Å²) < 4.78 is 17.7. The van der Waals surface area contributed by atoms with E-state index in [-0.39, 0.29) is 5.56 Å². The second kappa shape index (κ2) is 8.29. The van der Waals surface area contributed by atoms with E-state index in [4.69, 9.17) is 14.2 Å². The van der Waals surface area contributed by atoms with E-state index in [1.807, 2.05) is 36.4 Å². The zero-order valence-corrected chi connectivity index (χ0v) is 17.1. The first kappa shape index (κ1) is 19.5. The monoisotopic (exact) mass is 402 g/mol. The quantitative estimate of drug-likeness (QED) is 0.485. The van der Waals surface area contributed by atoms with Crippen molar-refractivity contribution in [2.75, 3.05) is 21.3 Å². The predicted molar refractivity (Wildman–Crippen MR) is 117 cm³/mol. The van der Waals surface area contributed by atoms with Crippen LogP contribution in [0, 0.1) is 0 Å². The molecule has 6 heteroatoms. The third-order valence-electron chi connectivity index (χ3n) is 5.03. The average molecular weight is 402 g/mol. The summed E-state index contributed by atoms with van der Waals surface area (Å²) in [6.45, 7) is 0.373. The first-order chi connectivity index (χ1) is 14.6. The molecule has 0 saturated heterocycles. The van der Waals surface area contributed by atoms with Gasteiger partial charge >= 0.3 is 0 Å². The topological polar surface area (TPSA) is 62.6 Å². The SMILES string of the molecule is COc1cc(-c2ccc(=O)n(Cc3cccc4ccccc34)n2)cc(OC)c1OC. The number of nitrogens with zero attached hydrogens (tertiary/aromatic N) is 2. The maximum absolute atomic E-state index is 12.5. The molecule has 0 spiro atoms. The summed E-state index contributed by atoms with van der Waals surface area (Å²) in [6.07, 6.45) is 0. The number of fused-ring (bicyclic) bond motifs is 1. The lowest BCUT2D eigenvalue weighted by Crippen LogP contribution is -2.23. The van der Waals surface area contributed by atoms with Crippen LogP contribution in [0.4, 0.5) is 0 Å². The van der Waals surface area contributed by atoms with E-state index in [9.17, 15) is 4.79 Å². The van der Waals surface area contributed by atoms with Crippen LogP contribution >= 0.6 is 0 Å². The van der Waals surface area contributed by atoms with Crippen molar-refractivity contribution >= 4 is 10.8 Å². The molecule has 0 atom stereocenters. The van der Waals surface area contributed by atoms with Crippen LogP contribution in [0.1, 0.15) is 5.56 Å². The molecule has 30 heavy (non-hydrogen) atoms. The molecule has 3 aromatic carbocycles. The number of benzene rings is 3. The summed E-state index contributed by atoms with van der Waals surface area (Å²) in [5, 5.41) is 6.84. The Hall–Kier alpha value is -3.80. The lowest BCUT2D eigenvalue weighted by molar-refractivity contribution is 0.324. The number of hydrogen-bond acceptors (Lipinski definition) is 5. The van der Waals surface area contributed by atoms with Crippen LogP contribution in [0.2, 0.25) is 0 Å². The first-order valence-electron chi connectivity index (χ1n) is 9.49. The van der Waals surface area contributed by atoms with Gasteiger partial charge in [0.15, 0.2) is 11.5 Å². The van der Waals surface area contributed by atoms with Crippen LogP contribution in [-0.4, -0.2) is 31.1 Å². The fraction of sp³-hybridized carbons (Fsp3) is 0.167. The van der Waals surface area contributed by atoms with E-state index in [0.717, 1.165) is 21.9 Å². The Kier molecular flexibility index (Phi) is 5.39. The second-order valence-electron chi connectivity index (χ2n) is 6.77. The predicted octanol–water partition coefficient (Wildman–Crippen LogP) is 4.14. The average Bonchev–Trinajstić information content (AvgIpc) is 2.79. The first-order valence-corrected chi connectivity index (χ1v) is 9.49. The Morgan fingerprint density at radius 3 is 2.23 bits per heavy atom. The highest BCUT2D eigenvalue weighted by Crippen LogP contribution is 2.40. The molecule has 0 aliphatic rings. The summed E-state index contributed by atoms with van der Waals surface area (Å²) >= 11 is 0. The van der Waals surface area contributed by atoms with Gasteiger partial charge in [-0.25, -0.2) is 4.68 Å². The Labute approximate surface area is 174 Å². The lowest BCUT2D eigenvalue weighted by Gasteiger charge is -2.14. The molecule has 4 aromatic rings. The Bertz CT molecular complexity index is 1230. The molecule has 0 radical (unpaired) electrons. The number of hydrogen-bond donors (Lipinski definition) is 0. The fourth-order valence-corrected chi connectivity index (χ4v) is 3.54. The molecule has 4 rings (SSSR count). The van der Waals surface area contributed by atoms with Gasteiger partial charge in [-0.1, -0.05) is 42.5 Å². The third kappa shape index (κ3) is 3.59. The molecule has 0 aliphatic carbocycles. The smallest absolute Gasteiger partial charge is 0.267 e. The maximum atomic E-state index is 12.5. The lowest BCUT2D eigenvalue weighted by atomic mass is 10.0. The Balaban J connectivity index is 1.78. The van der Waals surface area contributed by atoms with E-state index in [1.165, 1.54) is 10.7 Å². The molecule has 0 fully saturated rings. The summed E-state index contributed by atoms with van der Waals surface area (Å²) in [5.74, 6) is 1.56. The third-order valence-corrected chi connectivity index (χ3v) is 5.03. The number of rotatable bonds is 6. The molecule has 0 N–H and O–H groups in total. The summed E-state index contributed by atoms with van der Waals surface area (Å²) in [6, 6.07) is 21.0. The van der Waals surface area contributed by atoms with Crippen molar-refractivity contribution in [3.8, 4) is 28.5 Å². The molecule has 0 aliphatic heterocycles. The van der Waals surface area contributed by atoms with Crippen LogP contribution in [0.15, 0.2) is 71.5 Å². The van der Waals surface area contributed by atoms with Crippen molar-refractivity contribution in [1.29, 1.82) is 0 Å². The minimum absolute atomic E-state index is 0.167. The molecule has 6 nitrogen and oxygen atoms in total.